The molecule has 1 aliphatic heterocycles. The third-order valence-corrected chi connectivity index (χ3v) is 4.75. The van der Waals surface area contributed by atoms with Crippen LogP contribution in [0.15, 0.2) is 42.9 Å². The summed E-state index contributed by atoms with van der Waals surface area (Å²) in [6.07, 6.45) is 4.40. The van der Waals surface area contributed by atoms with Crippen molar-refractivity contribution in [2.45, 2.75) is 44.1 Å². The maximum Gasteiger partial charge on any atom is 0.271 e. The van der Waals surface area contributed by atoms with Gasteiger partial charge in [-0.3, -0.25) is 14.6 Å². The van der Waals surface area contributed by atoms with Crippen LogP contribution in [0, 0.1) is 5.82 Å². The molecule has 0 bridgehead atoms. The molecule has 3 rings (SSSR count). The van der Waals surface area contributed by atoms with Gasteiger partial charge in [0.15, 0.2) is 0 Å². The van der Waals surface area contributed by atoms with E-state index < -0.39 is 24.2 Å². The fourth-order valence-electron chi connectivity index (χ4n) is 3.22. The molecule has 1 saturated heterocycles. The Morgan fingerprint density at radius 3 is 2.79 bits per heavy atom. The highest BCUT2D eigenvalue weighted by Crippen LogP contribution is 2.22. The second-order valence-corrected chi connectivity index (χ2v) is 6.80. The van der Waals surface area contributed by atoms with E-state index in [2.05, 4.69) is 20.6 Å². The highest BCUT2D eigenvalue weighted by atomic mass is 19.1. The quantitative estimate of drug-likeness (QED) is 0.636. The van der Waals surface area contributed by atoms with E-state index >= 15 is 0 Å². The van der Waals surface area contributed by atoms with Crippen LogP contribution < -0.4 is 10.6 Å². The lowest BCUT2D eigenvalue weighted by Crippen LogP contribution is -2.51. The monoisotopic (exact) mass is 402 g/mol. The number of halogens is 1. The van der Waals surface area contributed by atoms with Gasteiger partial charge in [0.25, 0.3) is 5.91 Å². The van der Waals surface area contributed by atoms with Crippen molar-refractivity contribution in [3.05, 3.63) is 59.9 Å². The molecule has 0 saturated carbocycles. The Morgan fingerprint density at radius 2 is 2.07 bits per heavy atom. The van der Waals surface area contributed by atoms with Gasteiger partial charge < -0.3 is 20.5 Å². The number of aliphatic hydroxyl groups is 1. The second kappa shape index (κ2) is 10.0. The van der Waals surface area contributed by atoms with Crippen LogP contribution in [0.4, 0.5) is 4.39 Å². The highest BCUT2D eigenvalue weighted by molar-refractivity contribution is 5.92. The number of amides is 2. The summed E-state index contributed by atoms with van der Waals surface area (Å²) in [5.41, 5.74) is 0.587. The highest BCUT2D eigenvalue weighted by Gasteiger charge is 2.33. The van der Waals surface area contributed by atoms with E-state index in [1.165, 1.54) is 24.7 Å². The molecule has 1 aliphatic rings. The molecule has 0 aliphatic carbocycles. The molecule has 2 heterocycles. The molecule has 1 aromatic heterocycles. The van der Waals surface area contributed by atoms with E-state index in [0.717, 1.165) is 0 Å². The molecule has 3 atom stereocenters. The summed E-state index contributed by atoms with van der Waals surface area (Å²) in [7, 11) is 0. The number of hydrogen-bond acceptors (Lipinski definition) is 6. The van der Waals surface area contributed by atoms with E-state index in [1.807, 2.05) is 0 Å². The number of nitrogens with one attached hydrogen (secondary N) is 2. The van der Waals surface area contributed by atoms with Gasteiger partial charge in [0.1, 0.15) is 17.6 Å². The molecular weight excluding hydrogens is 379 g/mol. The Balaban J connectivity index is 1.48. The molecule has 29 heavy (non-hydrogen) atoms. The predicted octanol–water partition coefficient (Wildman–Crippen LogP) is 0.961. The number of nitrogens with zero attached hydrogens (tertiary/aromatic N) is 2. The first-order valence-corrected chi connectivity index (χ1v) is 9.40. The van der Waals surface area contributed by atoms with Gasteiger partial charge in [0, 0.05) is 24.5 Å². The summed E-state index contributed by atoms with van der Waals surface area (Å²) < 4.78 is 19.4. The molecule has 0 radical (unpaired) electrons. The van der Waals surface area contributed by atoms with E-state index in [-0.39, 0.29) is 37.0 Å². The summed E-state index contributed by atoms with van der Waals surface area (Å²) in [6, 6.07) is 5.85. The third kappa shape index (κ3) is 5.78. The molecule has 9 heteroatoms. The van der Waals surface area contributed by atoms with Gasteiger partial charge in [-0.1, -0.05) is 18.2 Å². The number of carbonyl (C=O) groups is 2. The van der Waals surface area contributed by atoms with Crippen molar-refractivity contribution in [2.75, 3.05) is 6.61 Å². The number of hydrogen-bond donors (Lipinski definition) is 3. The fraction of sp³-hybridized carbons (Fsp3) is 0.400. The zero-order valence-electron chi connectivity index (χ0n) is 15.8. The molecule has 3 N–H and O–H groups in total. The average Bonchev–Trinajstić information content (AvgIpc) is 2.74. The van der Waals surface area contributed by atoms with Crippen molar-refractivity contribution >= 4 is 11.8 Å². The Morgan fingerprint density at radius 1 is 1.24 bits per heavy atom. The third-order valence-electron chi connectivity index (χ3n) is 4.75. The topological polar surface area (TPSA) is 113 Å². The van der Waals surface area contributed by atoms with Crippen LogP contribution in [0.5, 0.6) is 0 Å². The zero-order valence-corrected chi connectivity index (χ0v) is 15.8. The van der Waals surface area contributed by atoms with Crippen molar-refractivity contribution < 1.29 is 23.8 Å². The number of ether oxygens (including phenoxy) is 1. The van der Waals surface area contributed by atoms with Crippen LogP contribution in [-0.4, -0.2) is 51.7 Å². The molecule has 0 spiro atoms. The minimum absolute atomic E-state index is 0.0930. The van der Waals surface area contributed by atoms with Crippen molar-refractivity contribution in [3.63, 3.8) is 0 Å². The van der Waals surface area contributed by atoms with Crippen LogP contribution >= 0.6 is 0 Å². The van der Waals surface area contributed by atoms with Gasteiger partial charge in [-0.15, -0.1) is 0 Å². The largest absolute Gasteiger partial charge is 0.394 e. The number of aliphatic hydroxyl groups excluding tert-OH is 1. The fourth-order valence-corrected chi connectivity index (χ4v) is 3.22. The summed E-state index contributed by atoms with van der Waals surface area (Å²) in [6.45, 7) is -0.197. The van der Waals surface area contributed by atoms with Crippen LogP contribution in [0.3, 0.4) is 0 Å². The van der Waals surface area contributed by atoms with E-state index in [4.69, 9.17) is 4.74 Å². The van der Waals surface area contributed by atoms with Crippen molar-refractivity contribution in [2.24, 2.45) is 0 Å². The summed E-state index contributed by atoms with van der Waals surface area (Å²) in [5, 5.41) is 15.1. The summed E-state index contributed by atoms with van der Waals surface area (Å²) in [5.74, 6) is -1.04. The Labute approximate surface area is 167 Å². The average molecular weight is 402 g/mol. The smallest absolute Gasteiger partial charge is 0.271 e. The standard InChI is InChI=1S/C20H23FN4O4/c21-15-4-2-1-3-13(15)10-24-19(27)9-14-5-6-16(18(12-26)29-14)25-20(28)17-11-22-7-8-23-17/h1-4,7-8,11,14,16,18,26H,5-6,9-10,12H2,(H,24,27)(H,25,28)/t14-,16-,18+/m0/s1. The van der Waals surface area contributed by atoms with Gasteiger partial charge >= 0.3 is 0 Å². The first-order chi connectivity index (χ1) is 14.1. The Bertz CT molecular complexity index is 836. The molecule has 2 amide bonds. The maximum absolute atomic E-state index is 13.6. The Hall–Kier alpha value is -2.91. The van der Waals surface area contributed by atoms with E-state index in [9.17, 15) is 19.1 Å². The van der Waals surface area contributed by atoms with Gasteiger partial charge in [0.05, 0.1) is 31.4 Å². The molecule has 8 nitrogen and oxygen atoms in total. The van der Waals surface area contributed by atoms with Crippen molar-refractivity contribution in [1.82, 2.24) is 20.6 Å². The molecule has 154 valence electrons. The van der Waals surface area contributed by atoms with Crippen molar-refractivity contribution in [1.29, 1.82) is 0 Å². The normalized spacial score (nSPS) is 21.4. The number of carbonyl (C=O) groups excluding carboxylic acids is 2. The summed E-state index contributed by atoms with van der Waals surface area (Å²) in [4.78, 5) is 32.2. The number of benzene rings is 1. The lowest BCUT2D eigenvalue weighted by atomic mass is 9.96. The molecule has 0 unspecified atom stereocenters. The molecule has 1 fully saturated rings. The van der Waals surface area contributed by atoms with E-state index in [1.54, 1.807) is 18.2 Å². The van der Waals surface area contributed by atoms with Gasteiger partial charge in [-0.2, -0.15) is 0 Å². The van der Waals surface area contributed by atoms with Crippen LogP contribution in [0.2, 0.25) is 0 Å². The first-order valence-electron chi connectivity index (χ1n) is 9.40. The first kappa shape index (κ1) is 20.8. The minimum Gasteiger partial charge on any atom is -0.394 e. The zero-order chi connectivity index (χ0) is 20.6. The van der Waals surface area contributed by atoms with Crippen LogP contribution in [-0.2, 0) is 16.1 Å². The number of rotatable bonds is 7. The Kier molecular flexibility index (Phi) is 7.20. The SMILES string of the molecule is O=C(C[C@@H]1CC[C@H](NC(=O)c2cnccn2)[C@@H](CO)O1)NCc1ccccc1F. The van der Waals surface area contributed by atoms with Gasteiger partial charge in [0.2, 0.25) is 5.91 Å². The lowest BCUT2D eigenvalue weighted by molar-refractivity contribution is -0.131. The van der Waals surface area contributed by atoms with Crippen molar-refractivity contribution in [3.8, 4) is 0 Å². The maximum atomic E-state index is 13.6. The van der Waals surface area contributed by atoms with E-state index in [0.29, 0.717) is 18.4 Å². The van der Waals surface area contributed by atoms with Crippen LogP contribution in [0.1, 0.15) is 35.3 Å². The minimum atomic E-state index is -0.631. The van der Waals surface area contributed by atoms with Gasteiger partial charge in [-0.25, -0.2) is 9.37 Å². The second-order valence-electron chi connectivity index (χ2n) is 6.80. The van der Waals surface area contributed by atoms with Gasteiger partial charge in [-0.05, 0) is 18.9 Å². The predicted molar refractivity (Wildman–Crippen MR) is 101 cm³/mol. The number of aromatic nitrogens is 2. The lowest BCUT2D eigenvalue weighted by Gasteiger charge is -2.35. The molecular formula is C20H23FN4O4. The van der Waals surface area contributed by atoms with Crippen LogP contribution in [0.25, 0.3) is 0 Å². The molecule has 2 aromatic rings. The molecule has 1 aromatic carbocycles. The summed E-state index contributed by atoms with van der Waals surface area (Å²) >= 11 is 0.